The highest BCUT2D eigenvalue weighted by Crippen LogP contribution is 2.14. The van der Waals surface area contributed by atoms with Crippen molar-refractivity contribution in [3.05, 3.63) is 17.5 Å². The number of esters is 1. The highest BCUT2D eigenvalue weighted by Gasteiger charge is 2.35. The molecule has 1 aromatic heterocycles. The van der Waals surface area contributed by atoms with E-state index in [9.17, 15) is 9.59 Å². The smallest absolute Gasteiger partial charge is 0.331 e. The largest absolute Gasteiger partial charge is 0.467 e. The zero-order valence-electron chi connectivity index (χ0n) is 12.0. The van der Waals surface area contributed by atoms with E-state index in [0.717, 1.165) is 12.1 Å². The predicted octanol–water partition coefficient (Wildman–Crippen LogP) is -0.00350. The molecular weight excluding hydrogens is 262 g/mol. The van der Waals surface area contributed by atoms with Gasteiger partial charge in [-0.25, -0.2) is 4.79 Å². The molecule has 0 spiro atoms. The number of ether oxygens (including phenoxy) is 2. The molecule has 1 aromatic rings. The summed E-state index contributed by atoms with van der Waals surface area (Å²) in [5.74, 6) is -0.686. The van der Waals surface area contributed by atoms with Crippen LogP contribution in [0.1, 0.15) is 23.1 Å². The third kappa shape index (κ3) is 2.67. The molecule has 1 unspecified atom stereocenters. The van der Waals surface area contributed by atoms with Gasteiger partial charge in [0.05, 0.1) is 26.0 Å². The summed E-state index contributed by atoms with van der Waals surface area (Å²) in [4.78, 5) is 25.8. The van der Waals surface area contributed by atoms with Crippen LogP contribution in [0.2, 0.25) is 0 Å². The molecule has 1 aliphatic rings. The molecule has 1 saturated heterocycles. The van der Waals surface area contributed by atoms with E-state index in [1.165, 1.54) is 12.0 Å². The van der Waals surface area contributed by atoms with E-state index in [0.29, 0.717) is 18.8 Å². The minimum Gasteiger partial charge on any atom is -0.467 e. The van der Waals surface area contributed by atoms with Crippen LogP contribution in [-0.2, 0) is 27.7 Å². The Bertz CT molecular complexity index is 512. The van der Waals surface area contributed by atoms with Gasteiger partial charge in [0.1, 0.15) is 5.69 Å². The minimum absolute atomic E-state index is 0.164. The Kier molecular flexibility index (Phi) is 4.39. The van der Waals surface area contributed by atoms with Gasteiger partial charge in [0.2, 0.25) is 0 Å². The second kappa shape index (κ2) is 6.04. The van der Waals surface area contributed by atoms with Crippen LogP contribution >= 0.6 is 0 Å². The molecule has 7 nitrogen and oxygen atoms in total. The van der Waals surface area contributed by atoms with Gasteiger partial charge in [0, 0.05) is 13.6 Å². The molecule has 0 radical (unpaired) electrons. The Labute approximate surface area is 117 Å². The Morgan fingerprint density at radius 1 is 1.55 bits per heavy atom. The summed E-state index contributed by atoms with van der Waals surface area (Å²) in [7, 11) is 3.03. The zero-order chi connectivity index (χ0) is 14.7. The summed E-state index contributed by atoms with van der Waals surface area (Å²) in [6, 6.07) is 1.06. The molecule has 1 amide bonds. The molecule has 0 bridgehead atoms. The van der Waals surface area contributed by atoms with E-state index in [2.05, 4.69) is 5.10 Å². The fourth-order valence-electron chi connectivity index (χ4n) is 2.22. The molecular formula is C13H19N3O4. The van der Waals surface area contributed by atoms with Gasteiger partial charge in [0.25, 0.3) is 5.91 Å². The number of carbonyl (C=O) groups is 2. The molecule has 20 heavy (non-hydrogen) atoms. The van der Waals surface area contributed by atoms with Crippen molar-refractivity contribution in [2.75, 3.05) is 26.9 Å². The number of hydrogen-bond donors (Lipinski definition) is 0. The maximum Gasteiger partial charge on any atom is 0.331 e. The molecule has 1 atom stereocenters. The first-order chi connectivity index (χ1) is 9.58. The number of rotatable bonds is 3. The Morgan fingerprint density at radius 3 is 2.90 bits per heavy atom. The van der Waals surface area contributed by atoms with Crippen molar-refractivity contribution in [3.8, 4) is 0 Å². The lowest BCUT2D eigenvalue weighted by atomic mass is 10.2. The van der Waals surface area contributed by atoms with Crippen molar-refractivity contribution < 1.29 is 19.1 Å². The van der Waals surface area contributed by atoms with Crippen molar-refractivity contribution in [3.63, 3.8) is 0 Å². The quantitative estimate of drug-likeness (QED) is 0.729. The second-order valence-electron chi connectivity index (χ2n) is 4.61. The fraction of sp³-hybridized carbons (Fsp3) is 0.615. The normalized spacial score (nSPS) is 18.9. The highest BCUT2D eigenvalue weighted by atomic mass is 16.5. The van der Waals surface area contributed by atoms with Crippen molar-refractivity contribution >= 4 is 11.9 Å². The number of aryl methyl sites for hydroxylation is 2. The molecule has 7 heteroatoms. The number of morpholine rings is 1. The molecule has 0 aliphatic carbocycles. The summed E-state index contributed by atoms with van der Waals surface area (Å²) < 4.78 is 11.5. The third-order valence-electron chi connectivity index (χ3n) is 3.37. The number of aromatic nitrogens is 2. The van der Waals surface area contributed by atoms with Crippen molar-refractivity contribution in [2.24, 2.45) is 7.05 Å². The van der Waals surface area contributed by atoms with E-state index < -0.39 is 12.0 Å². The van der Waals surface area contributed by atoms with Gasteiger partial charge in [-0.15, -0.1) is 0 Å². The van der Waals surface area contributed by atoms with E-state index in [1.54, 1.807) is 17.8 Å². The summed E-state index contributed by atoms with van der Waals surface area (Å²) in [5.41, 5.74) is 1.32. The van der Waals surface area contributed by atoms with Crippen LogP contribution in [0.4, 0.5) is 0 Å². The lowest BCUT2D eigenvalue weighted by molar-refractivity contribution is -0.151. The number of amides is 1. The van der Waals surface area contributed by atoms with Crippen LogP contribution in [0.3, 0.4) is 0 Å². The Morgan fingerprint density at radius 2 is 2.30 bits per heavy atom. The molecule has 1 fully saturated rings. The van der Waals surface area contributed by atoms with Crippen LogP contribution in [0.25, 0.3) is 0 Å². The van der Waals surface area contributed by atoms with Crippen LogP contribution < -0.4 is 0 Å². The van der Waals surface area contributed by atoms with Crippen molar-refractivity contribution in [1.82, 2.24) is 14.7 Å². The standard InChI is InChI=1S/C13H19N3O4/c1-4-9-7-10(15(2)14-9)12(17)16-5-6-20-8-11(16)13(18)19-3/h7,11H,4-6,8H2,1-3H3. The lowest BCUT2D eigenvalue weighted by Crippen LogP contribution is -2.53. The lowest BCUT2D eigenvalue weighted by Gasteiger charge is -2.33. The van der Waals surface area contributed by atoms with Gasteiger partial charge in [0.15, 0.2) is 6.04 Å². The van der Waals surface area contributed by atoms with Gasteiger partial charge < -0.3 is 14.4 Å². The average molecular weight is 281 g/mol. The van der Waals surface area contributed by atoms with E-state index in [1.807, 2.05) is 6.92 Å². The summed E-state index contributed by atoms with van der Waals surface area (Å²) in [5, 5.41) is 4.26. The first-order valence-electron chi connectivity index (χ1n) is 6.58. The van der Waals surface area contributed by atoms with Gasteiger partial charge >= 0.3 is 5.97 Å². The SMILES string of the molecule is CCc1cc(C(=O)N2CCOCC2C(=O)OC)n(C)n1. The topological polar surface area (TPSA) is 73.7 Å². The fourth-order valence-corrected chi connectivity index (χ4v) is 2.22. The average Bonchev–Trinajstić information content (AvgIpc) is 2.86. The number of methoxy groups -OCH3 is 1. The first kappa shape index (κ1) is 14.5. The summed E-state index contributed by atoms with van der Waals surface area (Å²) >= 11 is 0. The first-order valence-corrected chi connectivity index (χ1v) is 6.58. The predicted molar refractivity (Wildman–Crippen MR) is 70.2 cm³/mol. The molecule has 1 aliphatic heterocycles. The summed E-state index contributed by atoms with van der Waals surface area (Å²) in [6.07, 6.45) is 0.755. The van der Waals surface area contributed by atoms with Gasteiger partial charge in [-0.2, -0.15) is 5.10 Å². The molecule has 0 aromatic carbocycles. The molecule has 0 saturated carbocycles. The molecule has 110 valence electrons. The summed E-state index contributed by atoms with van der Waals surface area (Å²) in [6.45, 7) is 2.92. The van der Waals surface area contributed by atoms with Gasteiger partial charge in [-0.05, 0) is 12.5 Å². The molecule has 2 rings (SSSR count). The van der Waals surface area contributed by atoms with Gasteiger partial charge in [-0.1, -0.05) is 6.92 Å². The van der Waals surface area contributed by atoms with E-state index >= 15 is 0 Å². The van der Waals surface area contributed by atoms with Crippen LogP contribution in [0, 0.1) is 0 Å². The van der Waals surface area contributed by atoms with E-state index in [4.69, 9.17) is 9.47 Å². The Balaban J connectivity index is 2.25. The van der Waals surface area contributed by atoms with Crippen LogP contribution in [-0.4, -0.2) is 59.5 Å². The maximum absolute atomic E-state index is 12.6. The van der Waals surface area contributed by atoms with Gasteiger partial charge in [-0.3, -0.25) is 9.48 Å². The second-order valence-corrected chi connectivity index (χ2v) is 4.61. The molecule has 0 N–H and O–H groups in total. The number of nitrogens with zero attached hydrogens (tertiary/aromatic N) is 3. The monoisotopic (exact) mass is 281 g/mol. The highest BCUT2D eigenvalue weighted by molar-refractivity contribution is 5.95. The maximum atomic E-state index is 12.6. The van der Waals surface area contributed by atoms with Crippen LogP contribution in [0.15, 0.2) is 6.07 Å². The number of carbonyl (C=O) groups excluding carboxylic acids is 2. The van der Waals surface area contributed by atoms with Crippen LogP contribution in [0.5, 0.6) is 0 Å². The van der Waals surface area contributed by atoms with Crippen molar-refractivity contribution in [2.45, 2.75) is 19.4 Å². The van der Waals surface area contributed by atoms with Crippen molar-refractivity contribution in [1.29, 1.82) is 0 Å². The third-order valence-corrected chi connectivity index (χ3v) is 3.37. The minimum atomic E-state index is -0.693. The Hall–Kier alpha value is -1.89. The van der Waals surface area contributed by atoms with E-state index in [-0.39, 0.29) is 12.5 Å². The number of hydrogen-bond acceptors (Lipinski definition) is 5. The molecule has 2 heterocycles. The zero-order valence-corrected chi connectivity index (χ0v) is 12.0.